The van der Waals surface area contributed by atoms with Crippen molar-refractivity contribution in [2.45, 2.75) is 19.8 Å². The molecule has 0 saturated carbocycles. The van der Waals surface area contributed by atoms with Crippen molar-refractivity contribution < 1.29 is 14.4 Å². The third-order valence-corrected chi connectivity index (χ3v) is 4.26. The van der Waals surface area contributed by atoms with Crippen molar-refractivity contribution in [1.82, 2.24) is 5.32 Å². The lowest BCUT2D eigenvalue weighted by atomic mass is 10.1. The fourth-order valence-electron chi connectivity index (χ4n) is 2.82. The summed E-state index contributed by atoms with van der Waals surface area (Å²) in [6, 6.07) is 14.3. The van der Waals surface area contributed by atoms with Crippen molar-refractivity contribution in [2.24, 2.45) is 0 Å². The van der Waals surface area contributed by atoms with Crippen molar-refractivity contribution in [3.05, 3.63) is 59.7 Å². The molecule has 134 valence electrons. The van der Waals surface area contributed by atoms with E-state index in [1.807, 2.05) is 31.2 Å². The molecule has 1 fully saturated rings. The van der Waals surface area contributed by atoms with Crippen LogP contribution in [0.1, 0.15) is 28.8 Å². The largest absolute Gasteiger partial charge is 0.343 e. The fraction of sp³-hybridized carbons (Fsp3) is 0.250. The van der Waals surface area contributed by atoms with Crippen molar-refractivity contribution >= 4 is 29.1 Å². The van der Waals surface area contributed by atoms with Crippen LogP contribution >= 0.6 is 0 Å². The van der Waals surface area contributed by atoms with Crippen LogP contribution in [0.2, 0.25) is 0 Å². The number of hydrogen-bond donors (Lipinski definition) is 2. The first kappa shape index (κ1) is 17.7. The lowest BCUT2D eigenvalue weighted by Crippen LogP contribution is -2.32. The van der Waals surface area contributed by atoms with Crippen LogP contribution in [0.3, 0.4) is 0 Å². The van der Waals surface area contributed by atoms with E-state index >= 15 is 0 Å². The van der Waals surface area contributed by atoms with E-state index in [0.717, 1.165) is 24.2 Å². The summed E-state index contributed by atoms with van der Waals surface area (Å²) in [4.78, 5) is 37.5. The number of nitrogens with zero attached hydrogens (tertiary/aromatic N) is 1. The molecule has 6 nitrogen and oxygen atoms in total. The van der Waals surface area contributed by atoms with Gasteiger partial charge in [0, 0.05) is 29.9 Å². The number of benzene rings is 2. The van der Waals surface area contributed by atoms with E-state index in [0.29, 0.717) is 17.7 Å². The van der Waals surface area contributed by atoms with Gasteiger partial charge in [-0.25, -0.2) is 0 Å². The summed E-state index contributed by atoms with van der Waals surface area (Å²) < 4.78 is 0. The van der Waals surface area contributed by atoms with Gasteiger partial charge in [-0.3, -0.25) is 14.4 Å². The Morgan fingerprint density at radius 2 is 1.73 bits per heavy atom. The molecule has 26 heavy (non-hydrogen) atoms. The highest BCUT2D eigenvalue weighted by Crippen LogP contribution is 2.22. The van der Waals surface area contributed by atoms with E-state index in [1.165, 1.54) is 0 Å². The molecule has 1 saturated heterocycles. The van der Waals surface area contributed by atoms with Gasteiger partial charge >= 0.3 is 0 Å². The molecule has 6 heteroatoms. The minimum atomic E-state index is -0.310. The summed E-state index contributed by atoms with van der Waals surface area (Å²) in [7, 11) is 0. The number of carbonyl (C=O) groups is 3. The molecule has 3 rings (SSSR count). The molecule has 1 aliphatic heterocycles. The van der Waals surface area contributed by atoms with Crippen LogP contribution in [-0.4, -0.2) is 30.8 Å². The minimum Gasteiger partial charge on any atom is -0.343 e. The predicted octanol–water partition coefficient (Wildman–Crippen LogP) is 2.49. The number of rotatable bonds is 5. The molecular formula is C20H21N3O3. The number of hydrogen-bond acceptors (Lipinski definition) is 3. The molecule has 2 aromatic carbocycles. The average Bonchev–Trinajstić information content (AvgIpc) is 3.07. The Morgan fingerprint density at radius 1 is 1.04 bits per heavy atom. The maximum atomic E-state index is 12.0. The minimum absolute atomic E-state index is 0.112. The molecule has 0 unspecified atom stereocenters. The smallest absolute Gasteiger partial charge is 0.251 e. The van der Waals surface area contributed by atoms with Crippen molar-refractivity contribution in [3.8, 4) is 0 Å². The first-order chi connectivity index (χ1) is 12.5. The maximum absolute atomic E-state index is 12.0. The van der Waals surface area contributed by atoms with Gasteiger partial charge in [0.2, 0.25) is 11.8 Å². The van der Waals surface area contributed by atoms with E-state index < -0.39 is 0 Å². The molecule has 2 aromatic rings. The molecule has 0 aliphatic carbocycles. The molecule has 0 spiro atoms. The van der Waals surface area contributed by atoms with Crippen molar-refractivity contribution in [2.75, 3.05) is 23.3 Å². The average molecular weight is 351 g/mol. The van der Waals surface area contributed by atoms with Crippen LogP contribution in [0.15, 0.2) is 48.5 Å². The highest BCUT2D eigenvalue weighted by molar-refractivity contribution is 5.99. The highest BCUT2D eigenvalue weighted by atomic mass is 16.2. The molecular weight excluding hydrogens is 330 g/mol. The normalized spacial score (nSPS) is 13.6. The number of nitrogens with one attached hydrogen (secondary N) is 2. The third kappa shape index (κ3) is 4.27. The van der Waals surface area contributed by atoms with Gasteiger partial charge in [0.15, 0.2) is 0 Å². The summed E-state index contributed by atoms with van der Waals surface area (Å²) in [6.45, 7) is 2.56. The molecule has 0 atom stereocenters. The molecule has 0 aromatic heterocycles. The Labute approximate surface area is 152 Å². The Balaban J connectivity index is 1.50. The lowest BCUT2D eigenvalue weighted by molar-refractivity contribution is -0.117. The summed E-state index contributed by atoms with van der Waals surface area (Å²) >= 11 is 0. The van der Waals surface area contributed by atoms with E-state index in [1.54, 1.807) is 29.2 Å². The second kappa shape index (κ2) is 7.82. The molecule has 1 heterocycles. The van der Waals surface area contributed by atoms with E-state index in [-0.39, 0.29) is 24.3 Å². The topological polar surface area (TPSA) is 78.5 Å². The number of carbonyl (C=O) groups excluding carboxylic acids is 3. The highest BCUT2D eigenvalue weighted by Gasteiger charge is 2.21. The van der Waals surface area contributed by atoms with Crippen LogP contribution in [0, 0.1) is 6.92 Å². The summed E-state index contributed by atoms with van der Waals surface area (Å²) in [5.41, 5.74) is 3.04. The number of anilines is 2. The van der Waals surface area contributed by atoms with Crippen LogP contribution in [0.25, 0.3) is 0 Å². The van der Waals surface area contributed by atoms with Gasteiger partial charge in [-0.05, 0) is 49.7 Å². The van der Waals surface area contributed by atoms with E-state index in [2.05, 4.69) is 10.6 Å². The summed E-state index contributed by atoms with van der Waals surface area (Å²) in [5.74, 6) is -0.473. The molecule has 2 N–H and O–H groups in total. The van der Waals surface area contributed by atoms with Crippen LogP contribution < -0.4 is 15.5 Å². The second-order valence-corrected chi connectivity index (χ2v) is 6.29. The third-order valence-electron chi connectivity index (χ3n) is 4.26. The van der Waals surface area contributed by atoms with Gasteiger partial charge in [-0.1, -0.05) is 17.7 Å². The standard InChI is InChI=1S/C20H21N3O3/c1-14-4-6-15(7-5-14)20(26)21-13-18(24)22-16-8-10-17(11-9-16)23-12-2-3-19(23)25/h4-11H,2-3,12-13H2,1H3,(H,21,26)(H,22,24). The zero-order valence-corrected chi connectivity index (χ0v) is 14.6. The molecule has 0 bridgehead atoms. The van der Waals surface area contributed by atoms with Gasteiger partial charge in [-0.2, -0.15) is 0 Å². The fourth-order valence-corrected chi connectivity index (χ4v) is 2.82. The quantitative estimate of drug-likeness (QED) is 0.869. The number of aryl methyl sites for hydroxylation is 1. The first-order valence-electron chi connectivity index (χ1n) is 8.58. The van der Waals surface area contributed by atoms with Crippen molar-refractivity contribution in [1.29, 1.82) is 0 Å². The maximum Gasteiger partial charge on any atom is 0.251 e. The van der Waals surface area contributed by atoms with Gasteiger partial charge < -0.3 is 15.5 Å². The molecule has 0 radical (unpaired) electrons. The van der Waals surface area contributed by atoms with Gasteiger partial charge in [0.05, 0.1) is 6.54 Å². The van der Waals surface area contributed by atoms with Crippen LogP contribution in [-0.2, 0) is 9.59 Å². The van der Waals surface area contributed by atoms with E-state index in [4.69, 9.17) is 0 Å². The van der Waals surface area contributed by atoms with Crippen molar-refractivity contribution in [3.63, 3.8) is 0 Å². The molecule has 1 aliphatic rings. The first-order valence-corrected chi connectivity index (χ1v) is 8.58. The number of amides is 3. The van der Waals surface area contributed by atoms with E-state index in [9.17, 15) is 14.4 Å². The Kier molecular flexibility index (Phi) is 5.31. The van der Waals surface area contributed by atoms with Gasteiger partial charge in [0.1, 0.15) is 0 Å². The van der Waals surface area contributed by atoms with Gasteiger partial charge in [-0.15, -0.1) is 0 Å². The molecule has 3 amide bonds. The SMILES string of the molecule is Cc1ccc(C(=O)NCC(=O)Nc2ccc(N3CCCC3=O)cc2)cc1. The second-order valence-electron chi connectivity index (χ2n) is 6.29. The lowest BCUT2D eigenvalue weighted by Gasteiger charge is -2.16. The van der Waals surface area contributed by atoms with Crippen LogP contribution in [0.4, 0.5) is 11.4 Å². The zero-order valence-electron chi connectivity index (χ0n) is 14.6. The Hall–Kier alpha value is -3.15. The Morgan fingerprint density at radius 3 is 2.35 bits per heavy atom. The predicted molar refractivity (Wildman–Crippen MR) is 100 cm³/mol. The Bertz CT molecular complexity index is 813. The monoisotopic (exact) mass is 351 g/mol. The zero-order chi connectivity index (χ0) is 18.5. The summed E-state index contributed by atoms with van der Waals surface area (Å²) in [5, 5.41) is 5.33. The van der Waals surface area contributed by atoms with Gasteiger partial charge in [0.25, 0.3) is 5.91 Å². The van der Waals surface area contributed by atoms with Crippen LogP contribution in [0.5, 0.6) is 0 Å². The summed E-state index contributed by atoms with van der Waals surface area (Å²) in [6.07, 6.45) is 1.46.